The van der Waals surface area contributed by atoms with Gasteiger partial charge < -0.3 is 0 Å². The topological polar surface area (TPSA) is 0 Å². The summed E-state index contributed by atoms with van der Waals surface area (Å²) in [5.41, 5.74) is 0. The smallest absolute Gasteiger partial charge is 0.0404 e. The fourth-order valence-corrected chi connectivity index (χ4v) is 2.50. The van der Waals surface area contributed by atoms with Gasteiger partial charge in [0.15, 0.2) is 0 Å². The van der Waals surface area contributed by atoms with Crippen LogP contribution in [0.5, 0.6) is 0 Å². The molecule has 0 heterocycles. The minimum atomic E-state index is 0.463. The van der Waals surface area contributed by atoms with Crippen LogP contribution < -0.4 is 0 Å². The van der Waals surface area contributed by atoms with E-state index in [0.717, 1.165) is 17.8 Å². The summed E-state index contributed by atoms with van der Waals surface area (Å²) in [5.74, 6) is 2.35. The highest BCUT2D eigenvalue weighted by Gasteiger charge is 2.46. The Kier molecular flexibility index (Phi) is 1.13. The Morgan fingerprint density at radius 1 is 1.56 bits per heavy atom. The molecule has 0 saturated heterocycles. The van der Waals surface area contributed by atoms with Crippen molar-refractivity contribution in [3.63, 3.8) is 0 Å². The maximum Gasteiger partial charge on any atom is 0.0404 e. The van der Waals surface area contributed by atoms with E-state index in [4.69, 9.17) is 11.6 Å². The molecule has 50 valence electrons. The molecule has 0 spiro atoms. The number of allylic oxidation sites excluding steroid dienone is 2. The number of alkyl halides is 1. The maximum atomic E-state index is 6.06. The lowest BCUT2D eigenvalue weighted by Crippen LogP contribution is -2.42. The first-order valence-electron chi connectivity index (χ1n) is 3.61. The van der Waals surface area contributed by atoms with E-state index in [1.54, 1.807) is 0 Å². The quantitative estimate of drug-likeness (QED) is 0.360. The molecule has 4 atom stereocenters. The SMILES string of the molecule is CC1C(Cl)C2CC=CC12. The summed E-state index contributed by atoms with van der Waals surface area (Å²) >= 11 is 6.06. The molecule has 0 aromatic carbocycles. The normalized spacial score (nSPS) is 54.9. The molecule has 0 amide bonds. The van der Waals surface area contributed by atoms with Crippen molar-refractivity contribution in [1.82, 2.24) is 0 Å². The second-order valence-electron chi connectivity index (χ2n) is 3.21. The highest BCUT2D eigenvalue weighted by molar-refractivity contribution is 6.21. The first kappa shape index (κ1) is 5.79. The Bertz CT molecular complexity index is 151. The minimum Gasteiger partial charge on any atom is -0.122 e. The molecule has 0 nitrogen and oxygen atoms in total. The molecule has 1 saturated carbocycles. The van der Waals surface area contributed by atoms with E-state index in [9.17, 15) is 0 Å². The van der Waals surface area contributed by atoms with Gasteiger partial charge in [0.1, 0.15) is 0 Å². The second-order valence-corrected chi connectivity index (χ2v) is 3.71. The first-order valence-corrected chi connectivity index (χ1v) is 4.05. The zero-order valence-corrected chi connectivity index (χ0v) is 6.31. The largest absolute Gasteiger partial charge is 0.122 e. The third-order valence-electron chi connectivity index (χ3n) is 2.78. The Morgan fingerprint density at radius 3 is 3.00 bits per heavy atom. The van der Waals surface area contributed by atoms with Crippen LogP contribution in [0, 0.1) is 17.8 Å². The van der Waals surface area contributed by atoms with E-state index in [0.29, 0.717) is 5.38 Å². The average molecular weight is 143 g/mol. The van der Waals surface area contributed by atoms with Crippen molar-refractivity contribution in [2.45, 2.75) is 18.7 Å². The van der Waals surface area contributed by atoms with Crippen molar-refractivity contribution in [2.24, 2.45) is 17.8 Å². The van der Waals surface area contributed by atoms with Gasteiger partial charge in [-0.15, -0.1) is 11.6 Å². The molecule has 4 unspecified atom stereocenters. The van der Waals surface area contributed by atoms with Crippen molar-refractivity contribution in [2.75, 3.05) is 0 Å². The molecular formula is C8H11Cl. The first-order chi connectivity index (χ1) is 4.30. The molecule has 1 heteroatoms. The van der Waals surface area contributed by atoms with Gasteiger partial charge in [0.2, 0.25) is 0 Å². The molecule has 0 aromatic rings. The van der Waals surface area contributed by atoms with Crippen molar-refractivity contribution in [3.05, 3.63) is 12.2 Å². The highest BCUT2D eigenvalue weighted by Crippen LogP contribution is 2.50. The van der Waals surface area contributed by atoms with E-state index in [1.807, 2.05) is 0 Å². The third-order valence-corrected chi connectivity index (χ3v) is 3.50. The van der Waals surface area contributed by atoms with Gasteiger partial charge in [-0.2, -0.15) is 0 Å². The van der Waals surface area contributed by atoms with Crippen LogP contribution in [-0.2, 0) is 0 Å². The van der Waals surface area contributed by atoms with Gasteiger partial charge in [0.25, 0.3) is 0 Å². The number of hydrogen-bond donors (Lipinski definition) is 0. The highest BCUT2D eigenvalue weighted by atomic mass is 35.5. The summed E-state index contributed by atoms with van der Waals surface area (Å²) < 4.78 is 0. The fourth-order valence-electron chi connectivity index (χ4n) is 2.06. The summed E-state index contributed by atoms with van der Waals surface area (Å²) in [7, 11) is 0. The van der Waals surface area contributed by atoms with Gasteiger partial charge in [-0.3, -0.25) is 0 Å². The lowest BCUT2D eigenvalue weighted by molar-refractivity contribution is 0.157. The van der Waals surface area contributed by atoms with Crippen molar-refractivity contribution < 1.29 is 0 Å². The van der Waals surface area contributed by atoms with Crippen LogP contribution in [0.25, 0.3) is 0 Å². The summed E-state index contributed by atoms with van der Waals surface area (Å²) in [6, 6.07) is 0. The van der Waals surface area contributed by atoms with Gasteiger partial charge in [-0.05, 0) is 24.2 Å². The zero-order valence-electron chi connectivity index (χ0n) is 5.55. The van der Waals surface area contributed by atoms with Gasteiger partial charge in [-0.25, -0.2) is 0 Å². The van der Waals surface area contributed by atoms with Crippen LogP contribution in [0.1, 0.15) is 13.3 Å². The molecular weight excluding hydrogens is 132 g/mol. The van der Waals surface area contributed by atoms with E-state index in [-0.39, 0.29) is 0 Å². The Morgan fingerprint density at radius 2 is 2.33 bits per heavy atom. The van der Waals surface area contributed by atoms with Gasteiger partial charge in [-0.1, -0.05) is 19.1 Å². The number of hydrogen-bond acceptors (Lipinski definition) is 0. The molecule has 1 fully saturated rings. The van der Waals surface area contributed by atoms with E-state index in [1.165, 1.54) is 6.42 Å². The summed E-state index contributed by atoms with van der Waals surface area (Å²) in [5, 5.41) is 0.463. The Labute approximate surface area is 60.9 Å². The van der Waals surface area contributed by atoms with E-state index in [2.05, 4.69) is 19.1 Å². The molecule has 9 heavy (non-hydrogen) atoms. The standard InChI is InChI=1S/C8H11Cl/c1-5-6-3-2-4-7(6)8(5)9/h2-3,5-8H,4H2,1H3. The Balaban J connectivity index is 2.12. The average Bonchev–Trinajstić information content (AvgIpc) is 2.30. The molecule has 2 aliphatic rings. The predicted octanol–water partition coefficient (Wildman–Crippen LogP) is 2.44. The lowest BCUT2D eigenvalue weighted by atomic mass is 9.67. The summed E-state index contributed by atoms with van der Waals surface area (Å²) in [6.07, 6.45) is 5.82. The van der Waals surface area contributed by atoms with Crippen molar-refractivity contribution >= 4 is 11.6 Å². The van der Waals surface area contributed by atoms with Gasteiger partial charge in [0.05, 0.1) is 0 Å². The van der Waals surface area contributed by atoms with Crippen LogP contribution >= 0.6 is 11.6 Å². The van der Waals surface area contributed by atoms with Crippen LogP contribution in [0.15, 0.2) is 12.2 Å². The van der Waals surface area contributed by atoms with Crippen molar-refractivity contribution in [1.29, 1.82) is 0 Å². The van der Waals surface area contributed by atoms with Gasteiger partial charge in [0, 0.05) is 5.38 Å². The second kappa shape index (κ2) is 1.76. The Hall–Kier alpha value is 0.0300. The molecule has 0 aliphatic heterocycles. The van der Waals surface area contributed by atoms with Crippen LogP contribution in [0.3, 0.4) is 0 Å². The monoisotopic (exact) mass is 142 g/mol. The van der Waals surface area contributed by atoms with Crippen LogP contribution in [0.2, 0.25) is 0 Å². The number of fused-ring (bicyclic) bond motifs is 1. The fraction of sp³-hybridized carbons (Fsp3) is 0.750. The maximum absolute atomic E-state index is 6.06. The molecule has 0 bridgehead atoms. The zero-order chi connectivity index (χ0) is 6.43. The van der Waals surface area contributed by atoms with E-state index < -0.39 is 0 Å². The van der Waals surface area contributed by atoms with Crippen molar-refractivity contribution in [3.8, 4) is 0 Å². The van der Waals surface area contributed by atoms with Crippen LogP contribution in [0.4, 0.5) is 0 Å². The van der Waals surface area contributed by atoms with E-state index >= 15 is 0 Å². The third kappa shape index (κ3) is 0.602. The van der Waals surface area contributed by atoms with Gasteiger partial charge >= 0.3 is 0 Å². The number of rotatable bonds is 0. The number of halogens is 1. The molecule has 0 aromatic heterocycles. The van der Waals surface area contributed by atoms with Crippen LogP contribution in [-0.4, -0.2) is 5.38 Å². The molecule has 0 radical (unpaired) electrons. The molecule has 2 rings (SSSR count). The summed E-state index contributed by atoms with van der Waals surface area (Å²) in [6.45, 7) is 2.24. The lowest BCUT2D eigenvalue weighted by Gasteiger charge is -2.43. The minimum absolute atomic E-state index is 0.463. The predicted molar refractivity (Wildman–Crippen MR) is 39.5 cm³/mol. The molecule has 0 N–H and O–H groups in total. The summed E-state index contributed by atoms with van der Waals surface area (Å²) in [4.78, 5) is 0. The molecule has 2 aliphatic carbocycles.